The minimum Gasteiger partial charge on any atom is -0.508 e. The summed E-state index contributed by atoms with van der Waals surface area (Å²) in [4.78, 5) is 2.59. The number of phenolic OH excluding ortho intramolecular Hbond substituents is 1. The van der Waals surface area contributed by atoms with Crippen LogP contribution in [0.4, 0.5) is 0 Å². The zero-order valence-corrected chi connectivity index (χ0v) is 18.9. The number of hydrazine groups is 1. The van der Waals surface area contributed by atoms with Gasteiger partial charge in [-0.3, -0.25) is 0 Å². The van der Waals surface area contributed by atoms with Crippen LogP contribution in [0.15, 0.2) is 65.6 Å². The lowest BCUT2D eigenvalue weighted by atomic mass is 9.78. The largest absolute Gasteiger partial charge is 0.508 e. The summed E-state index contributed by atoms with van der Waals surface area (Å²) in [5, 5.41) is 10.6. The predicted molar refractivity (Wildman–Crippen MR) is 121 cm³/mol. The van der Waals surface area contributed by atoms with Crippen LogP contribution < -0.4 is 24.5 Å². The van der Waals surface area contributed by atoms with Crippen LogP contribution in [-0.4, -0.2) is 26.5 Å². The molecule has 8 nitrogen and oxygen atoms in total. The second kappa shape index (κ2) is 8.26. The van der Waals surface area contributed by atoms with E-state index in [9.17, 15) is 13.5 Å². The van der Waals surface area contributed by atoms with Crippen LogP contribution in [0, 0.1) is 12.8 Å². The number of sulfonamides is 1. The Morgan fingerprint density at radius 1 is 0.939 bits per heavy atom. The molecule has 9 heteroatoms. The average Bonchev–Trinajstić information content (AvgIpc) is 3.25. The van der Waals surface area contributed by atoms with Crippen molar-refractivity contribution < 1.29 is 27.7 Å². The summed E-state index contributed by atoms with van der Waals surface area (Å²) in [6, 6.07) is 17.3. The number of nitrogens with one attached hydrogen (secondary N) is 2. The first kappa shape index (κ1) is 21.6. The smallest absolute Gasteiger partial charge is 0.253 e. The van der Waals surface area contributed by atoms with Gasteiger partial charge in [0, 0.05) is 29.0 Å². The van der Waals surface area contributed by atoms with E-state index in [-0.39, 0.29) is 29.3 Å². The molecular weight excluding hydrogens is 444 g/mol. The first-order chi connectivity index (χ1) is 15.8. The Morgan fingerprint density at radius 2 is 1.64 bits per heavy atom. The zero-order valence-electron chi connectivity index (χ0n) is 18.1. The van der Waals surface area contributed by atoms with E-state index in [0.29, 0.717) is 22.8 Å². The molecule has 5 rings (SSSR count). The lowest BCUT2D eigenvalue weighted by molar-refractivity contribution is 0.0733. The molecule has 3 N–H and O–H groups in total. The lowest BCUT2D eigenvalue weighted by Crippen LogP contribution is -2.52. The highest BCUT2D eigenvalue weighted by atomic mass is 32.2. The molecule has 3 aromatic carbocycles. The molecule has 33 heavy (non-hydrogen) atoms. The molecule has 0 fully saturated rings. The summed E-state index contributed by atoms with van der Waals surface area (Å²) in [7, 11) is -3.81. The molecule has 3 atom stereocenters. The van der Waals surface area contributed by atoms with Gasteiger partial charge in [-0.2, -0.15) is 0 Å². The topological polar surface area (TPSA) is 106 Å². The van der Waals surface area contributed by atoms with Gasteiger partial charge in [0.1, 0.15) is 11.5 Å². The van der Waals surface area contributed by atoms with E-state index >= 15 is 0 Å². The maximum absolute atomic E-state index is 12.8. The predicted octanol–water partition coefficient (Wildman–Crippen LogP) is 3.40. The van der Waals surface area contributed by atoms with Gasteiger partial charge in [0.25, 0.3) is 10.0 Å². The van der Waals surface area contributed by atoms with Crippen LogP contribution in [0.25, 0.3) is 0 Å². The normalized spacial score (nSPS) is 21.3. The SMILES string of the molecule is Cc1ccc(S(=O)(=O)NN[C@@H]2Oc3cc4c(cc3[C@@H](c3ccccc3O)[C@H]2C)OCO4)cc1. The number of rotatable bonds is 5. The fraction of sp³-hybridized carbons (Fsp3) is 0.250. The second-order valence-electron chi connectivity index (χ2n) is 8.24. The molecule has 3 aromatic rings. The van der Waals surface area contributed by atoms with Crippen LogP contribution in [0.2, 0.25) is 0 Å². The maximum Gasteiger partial charge on any atom is 0.253 e. The minimum absolute atomic E-state index is 0.118. The Hall–Kier alpha value is -3.27. The van der Waals surface area contributed by atoms with Gasteiger partial charge in [-0.1, -0.05) is 42.8 Å². The van der Waals surface area contributed by atoms with Crippen molar-refractivity contribution in [3.63, 3.8) is 0 Å². The number of aromatic hydroxyl groups is 1. The summed E-state index contributed by atoms with van der Waals surface area (Å²) in [6.45, 7) is 3.94. The monoisotopic (exact) mass is 468 g/mol. The summed E-state index contributed by atoms with van der Waals surface area (Å²) >= 11 is 0. The molecule has 2 heterocycles. The second-order valence-corrected chi connectivity index (χ2v) is 9.92. The molecule has 0 radical (unpaired) electrons. The highest BCUT2D eigenvalue weighted by Crippen LogP contribution is 2.50. The van der Waals surface area contributed by atoms with Crippen molar-refractivity contribution in [2.24, 2.45) is 5.92 Å². The number of hydrogen-bond acceptors (Lipinski definition) is 7. The van der Waals surface area contributed by atoms with Gasteiger partial charge in [-0.05, 0) is 31.2 Å². The first-order valence-electron chi connectivity index (χ1n) is 10.6. The van der Waals surface area contributed by atoms with Gasteiger partial charge in [0.2, 0.25) is 6.79 Å². The van der Waals surface area contributed by atoms with E-state index in [0.717, 1.165) is 11.1 Å². The van der Waals surface area contributed by atoms with Gasteiger partial charge in [-0.25, -0.2) is 13.8 Å². The third-order valence-electron chi connectivity index (χ3n) is 6.04. The first-order valence-corrected chi connectivity index (χ1v) is 12.0. The number of fused-ring (bicyclic) bond motifs is 2. The molecule has 0 saturated heterocycles. The number of para-hydroxylation sites is 1. The Morgan fingerprint density at radius 3 is 2.36 bits per heavy atom. The number of aryl methyl sites for hydroxylation is 1. The van der Waals surface area contributed by atoms with Crippen LogP contribution in [0.3, 0.4) is 0 Å². The summed E-state index contributed by atoms with van der Waals surface area (Å²) < 4.78 is 42.8. The van der Waals surface area contributed by atoms with Crippen molar-refractivity contribution in [1.29, 1.82) is 0 Å². The highest BCUT2D eigenvalue weighted by Gasteiger charge is 2.39. The zero-order chi connectivity index (χ0) is 23.2. The Balaban J connectivity index is 1.48. The van der Waals surface area contributed by atoms with Crippen molar-refractivity contribution in [2.45, 2.75) is 30.9 Å². The lowest BCUT2D eigenvalue weighted by Gasteiger charge is -2.38. The average molecular weight is 469 g/mol. The van der Waals surface area contributed by atoms with Crippen LogP contribution in [-0.2, 0) is 10.0 Å². The summed E-state index contributed by atoms with van der Waals surface area (Å²) in [6.07, 6.45) is -0.720. The van der Waals surface area contributed by atoms with Crippen LogP contribution in [0.1, 0.15) is 29.5 Å². The Bertz CT molecular complexity index is 1290. The Kier molecular flexibility index (Phi) is 5.40. The van der Waals surface area contributed by atoms with Crippen LogP contribution >= 0.6 is 0 Å². The molecule has 172 valence electrons. The third kappa shape index (κ3) is 3.99. The molecule has 0 saturated carbocycles. The van der Waals surface area contributed by atoms with E-state index in [1.807, 2.05) is 32.0 Å². The van der Waals surface area contributed by atoms with E-state index in [2.05, 4.69) is 10.3 Å². The molecular formula is C24H24N2O6S. The van der Waals surface area contributed by atoms with Crippen molar-refractivity contribution in [3.05, 3.63) is 77.4 Å². The van der Waals surface area contributed by atoms with Crippen molar-refractivity contribution >= 4 is 10.0 Å². The van der Waals surface area contributed by atoms with E-state index < -0.39 is 16.3 Å². The fourth-order valence-corrected chi connectivity index (χ4v) is 5.14. The van der Waals surface area contributed by atoms with Gasteiger partial charge >= 0.3 is 0 Å². The molecule has 0 spiro atoms. The quantitative estimate of drug-likeness (QED) is 0.493. The van der Waals surface area contributed by atoms with Gasteiger partial charge in [0.05, 0.1) is 4.90 Å². The fourth-order valence-electron chi connectivity index (χ4n) is 4.26. The van der Waals surface area contributed by atoms with Gasteiger partial charge in [0.15, 0.2) is 17.7 Å². The standard InChI is InChI=1S/C24H24N2O6S/c1-14-7-9-16(10-8-14)33(28,29)26-25-24-15(2)23(17-5-3-4-6-19(17)27)18-11-21-22(31-13-30-21)12-20(18)32-24/h3-12,15,23-27H,13H2,1-2H3/t15-,23-,24-/m1/s1. The Labute approximate surface area is 192 Å². The van der Waals surface area contributed by atoms with E-state index in [4.69, 9.17) is 14.2 Å². The van der Waals surface area contributed by atoms with E-state index in [1.165, 1.54) is 0 Å². The van der Waals surface area contributed by atoms with Crippen LogP contribution in [0.5, 0.6) is 23.0 Å². The van der Waals surface area contributed by atoms with Gasteiger partial charge < -0.3 is 19.3 Å². The summed E-state index contributed by atoms with van der Waals surface area (Å²) in [5.41, 5.74) is 5.34. The van der Waals surface area contributed by atoms with Crippen molar-refractivity contribution in [3.8, 4) is 23.0 Å². The number of hydrogen-bond donors (Lipinski definition) is 3. The molecule has 0 bridgehead atoms. The molecule has 0 aromatic heterocycles. The highest BCUT2D eigenvalue weighted by molar-refractivity contribution is 7.89. The van der Waals surface area contributed by atoms with Gasteiger partial charge in [-0.15, -0.1) is 4.83 Å². The summed E-state index contributed by atoms with van der Waals surface area (Å²) in [5.74, 6) is 1.30. The maximum atomic E-state index is 12.8. The molecule has 2 aliphatic heterocycles. The van der Waals surface area contributed by atoms with E-state index in [1.54, 1.807) is 42.5 Å². The molecule has 0 amide bonds. The third-order valence-corrected chi connectivity index (χ3v) is 7.32. The number of ether oxygens (including phenoxy) is 3. The molecule has 0 aliphatic carbocycles. The minimum atomic E-state index is -3.81. The molecule has 2 aliphatic rings. The van der Waals surface area contributed by atoms with Crippen molar-refractivity contribution in [2.75, 3.05) is 6.79 Å². The molecule has 0 unspecified atom stereocenters. The van der Waals surface area contributed by atoms with Crippen molar-refractivity contribution in [1.82, 2.24) is 10.3 Å². The number of benzene rings is 3. The number of phenols is 1.